The number of carbonyl (C=O) groups is 1. The molecule has 2 aromatic heterocycles. The van der Waals surface area contributed by atoms with Crippen LogP contribution in [0.25, 0.3) is 11.2 Å². The lowest BCUT2D eigenvalue weighted by atomic mass is 10.1. The van der Waals surface area contributed by atoms with Crippen LogP contribution in [-0.4, -0.2) is 43.4 Å². The van der Waals surface area contributed by atoms with Gasteiger partial charge in [-0.3, -0.25) is 18.7 Å². The van der Waals surface area contributed by atoms with Crippen LogP contribution in [0.1, 0.15) is 10.4 Å². The first-order valence-corrected chi connectivity index (χ1v) is 9.55. The van der Waals surface area contributed by atoms with Gasteiger partial charge in [0, 0.05) is 26.7 Å². The molecule has 0 saturated heterocycles. The Kier molecular flexibility index (Phi) is 4.50. The van der Waals surface area contributed by atoms with Gasteiger partial charge in [0.15, 0.2) is 33.6 Å². The third-order valence-electron chi connectivity index (χ3n) is 4.63. The number of thioether (sulfide) groups is 1. The number of Topliss-reactive ketones (excluding diaryl/α,β-unsaturated/α-hetero) is 1. The average molecular weight is 402 g/mol. The molecule has 10 heteroatoms. The zero-order valence-electron chi connectivity index (χ0n) is 15.6. The molecule has 0 amide bonds. The van der Waals surface area contributed by atoms with E-state index in [2.05, 4.69) is 4.98 Å². The summed E-state index contributed by atoms with van der Waals surface area (Å²) in [7, 11) is 4.68. The third kappa shape index (κ3) is 2.89. The number of benzene rings is 1. The molecule has 0 N–H and O–H groups in total. The standard InChI is InChI=1S/C18H18N4O5S/c1-20-14-15(21(2)18(25)22(3)16(14)24)19-17(20)28-9-11(23)10-4-5-12-13(8-10)27-7-6-26-12/h4-5,8H,6-7,9H2,1-3H3. The van der Waals surface area contributed by atoms with E-state index in [0.29, 0.717) is 46.6 Å². The van der Waals surface area contributed by atoms with Crippen molar-refractivity contribution in [3.05, 3.63) is 44.6 Å². The summed E-state index contributed by atoms with van der Waals surface area (Å²) >= 11 is 1.21. The van der Waals surface area contributed by atoms with Crippen molar-refractivity contribution in [1.29, 1.82) is 0 Å². The van der Waals surface area contributed by atoms with Crippen LogP contribution < -0.4 is 20.7 Å². The van der Waals surface area contributed by atoms with E-state index >= 15 is 0 Å². The highest BCUT2D eigenvalue weighted by atomic mass is 32.2. The molecular formula is C18H18N4O5S. The molecule has 0 atom stereocenters. The molecule has 1 aliphatic heterocycles. The SMILES string of the molecule is Cn1c(=O)c2c(nc(SCC(=O)c3ccc4c(c3)OCCO4)n2C)n(C)c1=O. The number of imidazole rings is 1. The average Bonchev–Trinajstić information content (AvgIpc) is 3.05. The van der Waals surface area contributed by atoms with Gasteiger partial charge in [-0.2, -0.15) is 0 Å². The molecule has 0 aliphatic carbocycles. The van der Waals surface area contributed by atoms with Crippen molar-refractivity contribution < 1.29 is 14.3 Å². The Balaban J connectivity index is 1.61. The Morgan fingerprint density at radius 1 is 1.07 bits per heavy atom. The van der Waals surface area contributed by atoms with Crippen LogP contribution in [0.3, 0.4) is 0 Å². The van der Waals surface area contributed by atoms with Gasteiger partial charge in [0.1, 0.15) is 13.2 Å². The molecule has 9 nitrogen and oxygen atoms in total. The maximum Gasteiger partial charge on any atom is 0.332 e. The number of ether oxygens (including phenoxy) is 2. The fourth-order valence-electron chi connectivity index (χ4n) is 3.06. The minimum absolute atomic E-state index is 0.101. The van der Waals surface area contributed by atoms with Gasteiger partial charge >= 0.3 is 5.69 Å². The molecule has 0 fully saturated rings. The van der Waals surface area contributed by atoms with Gasteiger partial charge in [-0.1, -0.05) is 11.8 Å². The lowest BCUT2D eigenvalue weighted by Gasteiger charge is -2.18. The minimum Gasteiger partial charge on any atom is -0.486 e. The Labute approximate surface area is 163 Å². The largest absolute Gasteiger partial charge is 0.486 e. The van der Waals surface area contributed by atoms with E-state index in [4.69, 9.17) is 9.47 Å². The Bertz CT molecular complexity index is 1220. The number of nitrogens with zero attached hydrogens (tertiary/aromatic N) is 4. The normalized spacial score (nSPS) is 13.1. The molecule has 0 saturated carbocycles. The molecule has 0 bridgehead atoms. The number of aryl methyl sites for hydroxylation is 2. The maximum atomic E-state index is 12.6. The van der Waals surface area contributed by atoms with Crippen LogP contribution in [0.5, 0.6) is 11.5 Å². The van der Waals surface area contributed by atoms with Crippen LogP contribution in [0.15, 0.2) is 32.9 Å². The molecule has 146 valence electrons. The van der Waals surface area contributed by atoms with E-state index < -0.39 is 11.2 Å². The summed E-state index contributed by atoms with van der Waals surface area (Å²) < 4.78 is 15.0. The van der Waals surface area contributed by atoms with E-state index in [1.54, 1.807) is 36.9 Å². The predicted octanol–water partition coefficient (Wildman–Crippen LogP) is 0.717. The third-order valence-corrected chi connectivity index (χ3v) is 5.66. The minimum atomic E-state index is -0.445. The number of aromatic nitrogens is 4. The maximum absolute atomic E-state index is 12.6. The van der Waals surface area contributed by atoms with Crippen molar-refractivity contribution >= 4 is 28.7 Å². The van der Waals surface area contributed by atoms with Crippen molar-refractivity contribution in [2.75, 3.05) is 19.0 Å². The molecule has 0 radical (unpaired) electrons. The number of hydrogen-bond donors (Lipinski definition) is 0. The molecule has 28 heavy (non-hydrogen) atoms. The predicted molar refractivity (Wildman–Crippen MR) is 104 cm³/mol. The number of ketones is 1. The highest BCUT2D eigenvalue weighted by Gasteiger charge is 2.19. The Morgan fingerprint density at radius 3 is 2.54 bits per heavy atom. The van der Waals surface area contributed by atoms with Gasteiger partial charge in [-0.05, 0) is 18.2 Å². The number of fused-ring (bicyclic) bond motifs is 2. The fraction of sp³-hybridized carbons (Fsp3) is 0.333. The summed E-state index contributed by atoms with van der Waals surface area (Å²) in [6, 6.07) is 5.09. The van der Waals surface area contributed by atoms with Crippen molar-refractivity contribution in [2.45, 2.75) is 5.16 Å². The molecule has 3 aromatic rings. The molecule has 1 aliphatic rings. The van der Waals surface area contributed by atoms with Crippen molar-refractivity contribution in [3.63, 3.8) is 0 Å². The van der Waals surface area contributed by atoms with Crippen LogP contribution in [0, 0.1) is 0 Å². The Morgan fingerprint density at radius 2 is 1.79 bits per heavy atom. The smallest absolute Gasteiger partial charge is 0.332 e. The summed E-state index contributed by atoms with van der Waals surface area (Å²) in [6.45, 7) is 0.942. The molecular weight excluding hydrogens is 384 g/mol. The van der Waals surface area contributed by atoms with Crippen LogP contribution >= 0.6 is 11.8 Å². The lowest BCUT2D eigenvalue weighted by molar-refractivity contribution is 0.102. The van der Waals surface area contributed by atoms with Crippen LogP contribution in [0.2, 0.25) is 0 Å². The zero-order valence-corrected chi connectivity index (χ0v) is 16.4. The number of rotatable bonds is 4. The van der Waals surface area contributed by atoms with Crippen molar-refractivity contribution in [1.82, 2.24) is 18.7 Å². The molecule has 0 unspecified atom stereocenters. The van der Waals surface area contributed by atoms with Gasteiger partial charge < -0.3 is 14.0 Å². The van der Waals surface area contributed by atoms with Gasteiger partial charge in [0.05, 0.1) is 5.75 Å². The van der Waals surface area contributed by atoms with Gasteiger partial charge in [-0.25, -0.2) is 9.78 Å². The first kappa shape index (κ1) is 18.4. The topological polar surface area (TPSA) is 97.3 Å². The molecule has 3 heterocycles. The Hall–Kier alpha value is -3.01. The monoisotopic (exact) mass is 402 g/mol. The van der Waals surface area contributed by atoms with Gasteiger partial charge in [0.25, 0.3) is 5.56 Å². The second-order valence-electron chi connectivity index (χ2n) is 6.40. The molecule has 1 aromatic carbocycles. The van der Waals surface area contributed by atoms with E-state index in [1.807, 2.05) is 0 Å². The van der Waals surface area contributed by atoms with Crippen LogP contribution in [-0.2, 0) is 21.1 Å². The van der Waals surface area contributed by atoms with Crippen molar-refractivity contribution in [2.24, 2.45) is 21.1 Å². The van der Waals surface area contributed by atoms with Crippen molar-refractivity contribution in [3.8, 4) is 11.5 Å². The summed E-state index contributed by atoms with van der Waals surface area (Å²) in [5, 5.41) is 0.485. The summed E-state index contributed by atoms with van der Waals surface area (Å²) in [4.78, 5) is 41.5. The second kappa shape index (κ2) is 6.86. The summed E-state index contributed by atoms with van der Waals surface area (Å²) in [5.74, 6) is 1.21. The first-order valence-electron chi connectivity index (χ1n) is 8.56. The zero-order chi connectivity index (χ0) is 20.0. The highest BCUT2D eigenvalue weighted by molar-refractivity contribution is 7.99. The molecule has 4 rings (SSSR count). The van der Waals surface area contributed by atoms with E-state index in [1.165, 1.54) is 23.4 Å². The van der Waals surface area contributed by atoms with Gasteiger partial charge in [-0.15, -0.1) is 0 Å². The summed E-state index contributed by atoms with van der Waals surface area (Å²) in [5.41, 5.74) is 0.264. The fourth-order valence-corrected chi connectivity index (χ4v) is 3.92. The number of hydrogen-bond acceptors (Lipinski definition) is 7. The summed E-state index contributed by atoms with van der Waals surface area (Å²) in [6.07, 6.45) is 0. The second-order valence-corrected chi connectivity index (χ2v) is 7.34. The highest BCUT2D eigenvalue weighted by Crippen LogP contribution is 2.31. The quantitative estimate of drug-likeness (QED) is 0.468. The number of carbonyl (C=O) groups excluding carboxylic acids is 1. The van der Waals surface area contributed by atoms with E-state index in [-0.39, 0.29) is 11.5 Å². The molecule has 0 spiro atoms. The van der Waals surface area contributed by atoms with E-state index in [0.717, 1.165) is 4.57 Å². The first-order chi connectivity index (χ1) is 13.4. The van der Waals surface area contributed by atoms with Crippen LogP contribution in [0.4, 0.5) is 0 Å². The lowest BCUT2D eigenvalue weighted by Crippen LogP contribution is -2.37. The van der Waals surface area contributed by atoms with E-state index in [9.17, 15) is 14.4 Å². The van der Waals surface area contributed by atoms with Gasteiger partial charge in [0.2, 0.25) is 0 Å².